The van der Waals surface area contributed by atoms with Gasteiger partial charge in [-0.1, -0.05) is 19.4 Å². The Balaban J connectivity index is 2.38. The van der Waals surface area contributed by atoms with Gasteiger partial charge in [0.2, 0.25) is 0 Å². The van der Waals surface area contributed by atoms with Crippen molar-refractivity contribution in [1.82, 2.24) is 9.97 Å². The third-order valence-corrected chi connectivity index (χ3v) is 2.44. The highest BCUT2D eigenvalue weighted by Gasteiger charge is 2.07. The van der Waals surface area contributed by atoms with E-state index in [2.05, 4.69) is 16.9 Å². The minimum atomic E-state index is -0.388. The third-order valence-electron chi connectivity index (χ3n) is 2.44. The predicted molar refractivity (Wildman–Crippen MR) is 59.4 cm³/mol. The Kier molecular flexibility index (Phi) is 2.92. The van der Waals surface area contributed by atoms with Crippen LogP contribution in [0.5, 0.6) is 0 Å². The second-order valence-corrected chi connectivity index (χ2v) is 3.61. The molecular formula is C12H14N2O. The third kappa shape index (κ3) is 2.13. The van der Waals surface area contributed by atoms with E-state index >= 15 is 0 Å². The first-order valence-corrected chi connectivity index (χ1v) is 5.20. The SMILES string of the molecule is CCC[C@H](O)c1ccc2nccnc2c1. The molecule has 0 fully saturated rings. The van der Waals surface area contributed by atoms with Gasteiger partial charge in [0.1, 0.15) is 0 Å². The van der Waals surface area contributed by atoms with E-state index in [-0.39, 0.29) is 6.10 Å². The molecule has 1 atom stereocenters. The van der Waals surface area contributed by atoms with Gasteiger partial charge in [0.25, 0.3) is 0 Å². The van der Waals surface area contributed by atoms with E-state index in [0.717, 1.165) is 29.4 Å². The van der Waals surface area contributed by atoms with Crippen LogP contribution in [0.2, 0.25) is 0 Å². The number of aromatic nitrogens is 2. The van der Waals surface area contributed by atoms with Crippen LogP contribution in [0.3, 0.4) is 0 Å². The first-order chi connectivity index (χ1) is 7.31. The van der Waals surface area contributed by atoms with Crippen LogP contribution in [0.1, 0.15) is 31.4 Å². The van der Waals surface area contributed by atoms with Crippen molar-refractivity contribution in [1.29, 1.82) is 0 Å². The summed E-state index contributed by atoms with van der Waals surface area (Å²) in [6.45, 7) is 2.06. The molecule has 1 aromatic heterocycles. The van der Waals surface area contributed by atoms with Gasteiger partial charge in [-0.3, -0.25) is 9.97 Å². The summed E-state index contributed by atoms with van der Waals surface area (Å²) < 4.78 is 0. The molecule has 0 saturated heterocycles. The topological polar surface area (TPSA) is 46.0 Å². The fourth-order valence-electron chi connectivity index (χ4n) is 1.63. The molecular weight excluding hydrogens is 188 g/mol. The lowest BCUT2D eigenvalue weighted by atomic mass is 10.0. The van der Waals surface area contributed by atoms with Crippen molar-refractivity contribution >= 4 is 11.0 Å². The van der Waals surface area contributed by atoms with Crippen molar-refractivity contribution < 1.29 is 5.11 Å². The molecule has 0 bridgehead atoms. The van der Waals surface area contributed by atoms with Crippen molar-refractivity contribution in [3.05, 3.63) is 36.2 Å². The van der Waals surface area contributed by atoms with Gasteiger partial charge in [0, 0.05) is 12.4 Å². The lowest BCUT2D eigenvalue weighted by Crippen LogP contribution is -1.97. The molecule has 15 heavy (non-hydrogen) atoms. The summed E-state index contributed by atoms with van der Waals surface area (Å²) in [6, 6.07) is 5.72. The van der Waals surface area contributed by atoms with Crippen LogP contribution in [0.25, 0.3) is 11.0 Å². The lowest BCUT2D eigenvalue weighted by Gasteiger charge is -2.09. The van der Waals surface area contributed by atoms with E-state index in [9.17, 15) is 5.11 Å². The normalized spacial score (nSPS) is 12.9. The highest BCUT2D eigenvalue weighted by atomic mass is 16.3. The number of aliphatic hydroxyl groups is 1. The average molecular weight is 202 g/mol. The quantitative estimate of drug-likeness (QED) is 0.831. The summed E-state index contributed by atoms with van der Waals surface area (Å²) in [6.07, 6.45) is 4.70. The number of rotatable bonds is 3. The van der Waals surface area contributed by atoms with Crippen molar-refractivity contribution in [2.75, 3.05) is 0 Å². The average Bonchev–Trinajstić information content (AvgIpc) is 2.29. The zero-order valence-electron chi connectivity index (χ0n) is 8.72. The molecule has 2 aromatic rings. The summed E-state index contributed by atoms with van der Waals surface area (Å²) in [7, 11) is 0. The van der Waals surface area contributed by atoms with Crippen LogP contribution >= 0.6 is 0 Å². The van der Waals surface area contributed by atoms with E-state index < -0.39 is 0 Å². The monoisotopic (exact) mass is 202 g/mol. The Bertz CT molecular complexity index is 456. The fourth-order valence-corrected chi connectivity index (χ4v) is 1.63. The molecule has 3 heteroatoms. The van der Waals surface area contributed by atoms with Gasteiger partial charge in [-0.2, -0.15) is 0 Å². The van der Waals surface area contributed by atoms with E-state index in [1.165, 1.54) is 0 Å². The van der Waals surface area contributed by atoms with E-state index in [1.54, 1.807) is 12.4 Å². The zero-order valence-corrected chi connectivity index (χ0v) is 8.72. The second kappa shape index (κ2) is 4.36. The van der Waals surface area contributed by atoms with Crippen LogP contribution in [0.15, 0.2) is 30.6 Å². The molecule has 0 aliphatic rings. The van der Waals surface area contributed by atoms with Crippen LogP contribution in [0, 0.1) is 0 Å². The summed E-state index contributed by atoms with van der Waals surface area (Å²) >= 11 is 0. The molecule has 1 aromatic carbocycles. The highest BCUT2D eigenvalue weighted by Crippen LogP contribution is 2.20. The maximum Gasteiger partial charge on any atom is 0.0890 e. The maximum atomic E-state index is 9.83. The van der Waals surface area contributed by atoms with E-state index in [4.69, 9.17) is 0 Å². The van der Waals surface area contributed by atoms with Crippen molar-refractivity contribution in [2.45, 2.75) is 25.9 Å². The van der Waals surface area contributed by atoms with Gasteiger partial charge in [-0.05, 0) is 24.1 Å². The second-order valence-electron chi connectivity index (χ2n) is 3.61. The van der Waals surface area contributed by atoms with Crippen LogP contribution < -0.4 is 0 Å². The van der Waals surface area contributed by atoms with Crippen LogP contribution in [-0.4, -0.2) is 15.1 Å². The number of nitrogens with zero attached hydrogens (tertiary/aromatic N) is 2. The molecule has 0 spiro atoms. The van der Waals surface area contributed by atoms with Gasteiger partial charge in [0.15, 0.2) is 0 Å². The van der Waals surface area contributed by atoms with Gasteiger partial charge >= 0.3 is 0 Å². The maximum absolute atomic E-state index is 9.83. The Morgan fingerprint density at radius 3 is 2.67 bits per heavy atom. The number of hydrogen-bond donors (Lipinski definition) is 1. The van der Waals surface area contributed by atoms with Gasteiger partial charge < -0.3 is 5.11 Å². The molecule has 0 saturated carbocycles. The molecule has 3 nitrogen and oxygen atoms in total. The minimum Gasteiger partial charge on any atom is -0.388 e. The Labute approximate surface area is 88.8 Å². The van der Waals surface area contributed by atoms with Gasteiger partial charge in [-0.25, -0.2) is 0 Å². The standard InChI is InChI=1S/C12H14N2O/c1-2-3-12(15)9-4-5-10-11(8-9)14-7-6-13-10/h4-8,12,15H,2-3H2,1H3/t12-/m0/s1. The first kappa shape index (κ1) is 10.1. The molecule has 0 aliphatic carbocycles. The molecule has 2 rings (SSSR count). The predicted octanol–water partition coefficient (Wildman–Crippen LogP) is 2.46. The first-order valence-electron chi connectivity index (χ1n) is 5.20. The highest BCUT2D eigenvalue weighted by molar-refractivity contribution is 5.74. The molecule has 78 valence electrons. The molecule has 0 amide bonds. The smallest absolute Gasteiger partial charge is 0.0890 e. The molecule has 0 radical (unpaired) electrons. The number of aliphatic hydroxyl groups excluding tert-OH is 1. The van der Waals surface area contributed by atoms with Crippen molar-refractivity contribution in [3.63, 3.8) is 0 Å². The summed E-state index contributed by atoms with van der Waals surface area (Å²) in [4.78, 5) is 8.39. The van der Waals surface area contributed by atoms with Crippen LogP contribution in [0.4, 0.5) is 0 Å². The van der Waals surface area contributed by atoms with Crippen molar-refractivity contribution in [2.24, 2.45) is 0 Å². The fraction of sp³-hybridized carbons (Fsp3) is 0.333. The summed E-state index contributed by atoms with van der Waals surface area (Å²) in [5.74, 6) is 0. The lowest BCUT2D eigenvalue weighted by molar-refractivity contribution is 0.166. The molecule has 0 unspecified atom stereocenters. The Morgan fingerprint density at radius 2 is 1.93 bits per heavy atom. The summed E-state index contributed by atoms with van der Waals surface area (Å²) in [5, 5.41) is 9.83. The number of benzene rings is 1. The van der Waals surface area contributed by atoms with Crippen molar-refractivity contribution in [3.8, 4) is 0 Å². The Hall–Kier alpha value is -1.48. The number of hydrogen-bond acceptors (Lipinski definition) is 3. The van der Waals surface area contributed by atoms with Gasteiger partial charge in [0.05, 0.1) is 17.1 Å². The van der Waals surface area contributed by atoms with Crippen LogP contribution in [-0.2, 0) is 0 Å². The largest absolute Gasteiger partial charge is 0.388 e. The van der Waals surface area contributed by atoms with E-state index in [1.807, 2.05) is 18.2 Å². The number of fused-ring (bicyclic) bond motifs is 1. The molecule has 1 N–H and O–H groups in total. The van der Waals surface area contributed by atoms with Gasteiger partial charge in [-0.15, -0.1) is 0 Å². The minimum absolute atomic E-state index is 0.388. The summed E-state index contributed by atoms with van der Waals surface area (Å²) in [5.41, 5.74) is 2.62. The Morgan fingerprint density at radius 1 is 1.20 bits per heavy atom. The van der Waals surface area contributed by atoms with E-state index in [0.29, 0.717) is 0 Å². The molecule has 1 heterocycles. The molecule has 0 aliphatic heterocycles. The zero-order chi connectivity index (χ0) is 10.7.